The Bertz CT molecular complexity index is 148. The number of hydrogen-bond donors (Lipinski definition) is 2. The van der Waals surface area contributed by atoms with Gasteiger partial charge in [-0.1, -0.05) is 39.5 Å². The fraction of sp³-hybridized carbons (Fsp3) is 0.900. The lowest BCUT2D eigenvalue weighted by molar-refractivity contribution is -0.136. The monoisotopic (exact) mass is 204 g/mol. The van der Waals surface area contributed by atoms with Crippen molar-refractivity contribution >= 4 is 18.6 Å². The third-order valence-electron chi connectivity index (χ3n) is 2.24. The van der Waals surface area contributed by atoms with E-state index in [4.69, 9.17) is 5.11 Å². The van der Waals surface area contributed by atoms with Crippen LogP contribution in [-0.2, 0) is 4.79 Å². The van der Waals surface area contributed by atoms with Crippen LogP contribution in [0, 0.1) is 5.92 Å². The Morgan fingerprint density at radius 1 is 1.38 bits per heavy atom. The van der Waals surface area contributed by atoms with E-state index < -0.39 is 11.2 Å². The second kappa shape index (κ2) is 7.25. The number of carboxylic acid groups (broad SMARTS) is 1. The summed E-state index contributed by atoms with van der Waals surface area (Å²) >= 11 is 3.98. The fourth-order valence-electron chi connectivity index (χ4n) is 1.42. The minimum Gasteiger partial charge on any atom is -0.480 e. The Hall–Kier alpha value is -0.180. The Kier molecular flexibility index (Phi) is 7.14. The highest BCUT2D eigenvalue weighted by molar-refractivity contribution is 7.81. The summed E-state index contributed by atoms with van der Waals surface area (Å²) in [5.74, 6) is -0.0780. The molecule has 0 saturated heterocycles. The summed E-state index contributed by atoms with van der Waals surface area (Å²) in [5, 5.41) is 8.10. The predicted octanol–water partition coefficient (Wildman–Crippen LogP) is 2.98. The van der Waals surface area contributed by atoms with Crippen molar-refractivity contribution in [2.45, 2.75) is 51.2 Å². The molecular formula is C10H20O2S. The molecule has 3 heteroatoms. The molecule has 0 aromatic heterocycles. The van der Waals surface area contributed by atoms with Gasteiger partial charge in [0, 0.05) is 0 Å². The second-order valence-electron chi connectivity index (χ2n) is 3.68. The van der Waals surface area contributed by atoms with E-state index in [1.165, 1.54) is 12.8 Å². The van der Waals surface area contributed by atoms with Crippen molar-refractivity contribution in [3.8, 4) is 0 Å². The van der Waals surface area contributed by atoms with Crippen LogP contribution < -0.4 is 0 Å². The molecule has 0 fully saturated rings. The van der Waals surface area contributed by atoms with Gasteiger partial charge >= 0.3 is 5.97 Å². The maximum absolute atomic E-state index is 10.4. The highest BCUT2D eigenvalue weighted by Crippen LogP contribution is 2.16. The van der Waals surface area contributed by atoms with Crippen LogP contribution in [0.1, 0.15) is 46.0 Å². The smallest absolute Gasteiger partial charge is 0.316 e. The number of thiol groups is 1. The molecule has 78 valence electrons. The fourth-order valence-corrected chi connectivity index (χ4v) is 1.60. The van der Waals surface area contributed by atoms with Gasteiger partial charge in [-0.2, -0.15) is 12.6 Å². The molecule has 1 N–H and O–H groups in total. The summed E-state index contributed by atoms with van der Waals surface area (Å²) in [6, 6.07) is 0. The molecule has 0 saturated carbocycles. The molecule has 13 heavy (non-hydrogen) atoms. The first-order valence-corrected chi connectivity index (χ1v) is 5.50. The van der Waals surface area contributed by atoms with Gasteiger partial charge in [-0.05, 0) is 12.3 Å². The zero-order valence-electron chi connectivity index (χ0n) is 8.49. The summed E-state index contributed by atoms with van der Waals surface area (Å²) in [6.07, 6.45) is 5.24. The largest absolute Gasteiger partial charge is 0.480 e. The lowest BCUT2D eigenvalue weighted by Gasteiger charge is -2.10. The van der Waals surface area contributed by atoms with Crippen molar-refractivity contribution in [1.29, 1.82) is 0 Å². The van der Waals surface area contributed by atoms with Crippen LogP contribution in [0.3, 0.4) is 0 Å². The second-order valence-corrected chi connectivity index (χ2v) is 4.30. The van der Waals surface area contributed by atoms with Crippen molar-refractivity contribution < 1.29 is 9.90 Å². The molecule has 0 spiro atoms. The Balaban J connectivity index is 3.39. The first-order valence-electron chi connectivity index (χ1n) is 4.98. The molecule has 0 aromatic rings. The van der Waals surface area contributed by atoms with E-state index >= 15 is 0 Å². The summed E-state index contributed by atoms with van der Waals surface area (Å²) in [6.45, 7) is 4.40. The maximum atomic E-state index is 10.4. The minimum atomic E-state index is -0.800. The molecule has 0 rings (SSSR count). The molecule has 2 unspecified atom stereocenters. The third kappa shape index (κ3) is 6.94. The number of carboxylic acids is 1. The highest BCUT2D eigenvalue weighted by atomic mass is 32.1. The molecule has 0 aliphatic rings. The Labute approximate surface area is 86.1 Å². The molecule has 2 nitrogen and oxygen atoms in total. The van der Waals surface area contributed by atoms with E-state index in [2.05, 4.69) is 26.5 Å². The minimum absolute atomic E-state index is 0.478. The van der Waals surface area contributed by atoms with E-state index in [1.54, 1.807) is 0 Å². The van der Waals surface area contributed by atoms with Crippen LogP contribution in [0.2, 0.25) is 0 Å². The van der Waals surface area contributed by atoms with Crippen LogP contribution >= 0.6 is 12.6 Å². The summed E-state index contributed by atoms with van der Waals surface area (Å²) in [5.41, 5.74) is 0. The number of hydrogen-bond acceptors (Lipinski definition) is 2. The van der Waals surface area contributed by atoms with E-state index in [-0.39, 0.29) is 0 Å². The quantitative estimate of drug-likeness (QED) is 0.626. The first-order chi connectivity index (χ1) is 6.07. The molecule has 0 aromatic carbocycles. The lowest BCUT2D eigenvalue weighted by Crippen LogP contribution is -2.13. The van der Waals surface area contributed by atoms with E-state index in [1.807, 2.05) is 0 Å². The van der Waals surface area contributed by atoms with Crippen LogP contribution in [0.5, 0.6) is 0 Å². The van der Waals surface area contributed by atoms with E-state index in [0.717, 1.165) is 18.8 Å². The zero-order valence-corrected chi connectivity index (χ0v) is 9.39. The van der Waals surface area contributed by atoms with Gasteiger partial charge in [0.15, 0.2) is 0 Å². The standard InChI is InChI=1S/C10H20O2S/c1-3-5-8(2)6-4-7-9(13)10(11)12/h8-9,13H,3-7H2,1-2H3,(H,11,12). The zero-order chi connectivity index (χ0) is 10.3. The molecule has 0 radical (unpaired) electrons. The molecular weight excluding hydrogens is 184 g/mol. The normalized spacial score (nSPS) is 15.3. The molecule has 0 aliphatic carbocycles. The van der Waals surface area contributed by atoms with Gasteiger partial charge in [-0.25, -0.2) is 0 Å². The van der Waals surface area contributed by atoms with Crippen LogP contribution in [0.25, 0.3) is 0 Å². The number of rotatable bonds is 7. The maximum Gasteiger partial charge on any atom is 0.316 e. The first kappa shape index (κ1) is 12.8. The van der Waals surface area contributed by atoms with Crippen molar-refractivity contribution in [3.63, 3.8) is 0 Å². The molecule has 0 bridgehead atoms. The van der Waals surface area contributed by atoms with Crippen molar-refractivity contribution in [3.05, 3.63) is 0 Å². The van der Waals surface area contributed by atoms with Gasteiger partial charge < -0.3 is 5.11 Å². The molecule has 0 aliphatic heterocycles. The van der Waals surface area contributed by atoms with Crippen LogP contribution in [0.15, 0.2) is 0 Å². The van der Waals surface area contributed by atoms with E-state index in [0.29, 0.717) is 6.42 Å². The predicted molar refractivity (Wildman–Crippen MR) is 58.3 cm³/mol. The van der Waals surface area contributed by atoms with Gasteiger partial charge in [-0.15, -0.1) is 0 Å². The summed E-state index contributed by atoms with van der Waals surface area (Å²) in [7, 11) is 0. The summed E-state index contributed by atoms with van der Waals surface area (Å²) in [4.78, 5) is 10.4. The van der Waals surface area contributed by atoms with Crippen molar-refractivity contribution in [1.82, 2.24) is 0 Å². The van der Waals surface area contributed by atoms with Gasteiger partial charge in [0.2, 0.25) is 0 Å². The SMILES string of the molecule is CCCC(C)CCCC(S)C(=O)O. The average Bonchev–Trinajstić information content (AvgIpc) is 2.04. The van der Waals surface area contributed by atoms with Crippen molar-refractivity contribution in [2.75, 3.05) is 0 Å². The molecule has 0 heterocycles. The number of aliphatic carboxylic acids is 1. The number of carbonyl (C=O) groups is 1. The molecule has 2 atom stereocenters. The highest BCUT2D eigenvalue weighted by Gasteiger charge is 2.11. The van der Waals surface area contributed by atoms with Gasteiger partial charge in [0.05, 0.1) is 5.25 Å². The Morgan fingerprint density at radius 2 is 2.00 bits per heavy atom. The lowest BCUT2D eigenvalue weighted by atomic mass is 9.99. The average molecular weight is 204 g/mol. The summed E-state index contributed by atoms with van der Waals surface area (Å²) < 4.78 is 0. The van der Waals surface area contributed by atoms with Gasteiger partial charge in [0.1, 0.15) is 0 Å². The van der Waals surface area contributed by atoms with Gasteiger partial charge in [-0.3, -0.25) is 4.79 Å². The topological polar surface area (TPSA) is 37.3 Å². The molecule has 0 amide bonds. The van der Waals surface area contributed by atoms with Crippen molar-refractivity contribution in [2.24, 2.45) is 5.92 Å². The Morgan fingerprint density at radius 3 is 2.46 bits per heavy atom. The van der Waals surface area contributed by atoms with Crippen LogP contribution in [-0.4, -0.2) is 16.3 Å². The van der Waals surface area contributed by atoms with E-state index in [9.17, 15) is 4.79 Å². The third-order valence-corrected chi connectivity index (χ3v) is 2.72. The van der Waals surface area contributed by atoms with Gasteiger partial charge in [0.25, 0.3) is 0 Å². The van der Waals surface area contributed by atoms with Crippen LogP contribution in [0.4, 0.5) is 0 Å².